The molecule has 0 spiro atoms. The van der Waals surface area contributed by atoms with E-state index in [4.69, 9.17) is 4.74 Å². The van der Waals surface area contributed by atoms with E-state index in [1.807, 2.05) is 13.8 Å². The van der Waals surface area contributed by atoms with Gasteiger partial charge in [-0.1, -0.05) is 12.1 Å². The minimum atomic E-state index is -3.53. The average Bonchev–Trinajstić information content (AvgIpc) is 3.14. The van der Waals surface area contributed by atoms with Gasteiger partial charge in [-0.05, 0) is 32.9 Å². The minimum Gasteiger partial charge on any atom is -0.372 e. The Morgan fingerprint density at radius 2 is 1.87 bits per heavy atom. The standard InChI is InChI=1S/C20H27N5O5S/c1-4-31(28,29)23-18-8-6-5-7-17(18)20(27)22-16-9-21-25(12-16)13-19(26)24-10-14(2)30-15(3)11-24/h5-9,12,14-15,23H,4,10-11,13H2,1-3H3,(H,22,27). The molecular weight excluding hydrogens is 422 g/mol. The van der Waals surface area contributed by atoms with Crippen LogP contribution in [-0.4, -0.2) is 66.0 Å². The van der Waals surface area contributed by atoms with E-state index in [1.54, 1.807) is 23.2 Å². The summed E-state index contributed by atoms with van der Waals surface area (Å²) in [5.41, 5.74) is 0.772. The summed E-state index contributed by atoms with van der Waals surface area (Å²) in [4.78, 5) is 27.0. The SMILES string of the molecule is CCS(=O)(=O)Nc1ccccc1C(=O)Nc1cnn(CC(=O)N2CC(C)OC(C)C2)c1. The van der Waals surface area contributed by atoms with Crippen molar-refractivity contribution in [2.45, 2.75) is 39.5 Å². The number of nitrogens with one attached hydrogen (secondary N) is 2. The number of morpholine rings is 1. The fourth-order valence-corrected chi connectivity index (χ4v) is 4.00. The predicted octanol–water partition coefficient (Wildman–Crippen LogP) is 1.53. The Kier molecular flexibility index (Phi) is 6.96. The van der Waals surface area contributed by atoms with Crippen molar-refractivity contribution in [2.24, 2.45) is 0 Å². The van der Waals surface area contributed by atoms with Crippen molar-refractivity contribution < 1.29 is 22.7 Å². The van der Waals surface area contributed by atoms with Gasteiger partial charge in [0.15, 0.2) is 0 Å². The number of aromatic nitrogens is 2. The molecule has 1 aromatic carbocycles. The van der Waals surface area contributed by atoms with Gasteiger partial charge in [0.05, 0.1) is 41.1 Å². The van der Waals surface area contributed by atoms with E-state index < -0.39 is 15.9 Å². The molecule has 1 aliphatic heterocycles. The summed E-state index contributed by atoms with van der Waals surface area (Å²) >= 11 is 0. The van der Waals surface area contributed by atoms with Gasteiger partial charge in [-0.15, -0.1) is 0 Å². The third-order valence-electron chi connectivity index (χ3n) is 4.78. The van der Waals surface area contributed by atoms with Crippen LogP contribution < -0.4 is 10.0 Å². The second kappa shape index (κ2) is 9.48. The highest BCUT2D eigenvalue weighted by Gasteiger charge is 2.26. The molecule has 1 aromatic heterocycles. The Hall–Kier alpha value is -2.92. The lowest BCUT2D eigenvalue weighted by atomic mass is 10.1. The van der Waals surface area contributed by atoms with Crippen LogP contribution in [0, 0.1) is 0 Å². The van der Waals surface area contributed by atoms with E-state index in [0.29, 0.717) is 18.8 Å². The molecule has 1 saturated heterocycles. The van der Waals surface area contributed by atoms with Crippen LogP contribution in [0.4, 0.5) is 11.4 Å². The summed E-state index contributed by atoms with van der Waals surface area (Å²) in [6.07, 6.45) is 2.95. The smallest absolute Gasteiger partial charge is 0.257 e. The number of carbonyl (C=O) groups is 2. The van der Waals surface area contributed by atoms with Crippen LogP contribution in [0.25, 0.3) is 0 Å². The number of hydrogen-bond donors (Lipinski definition) is 2. The van der Waals surface area contributed by atoms with Gasteiger partial charge in [0.1, 0.15) is 6.54 Å². The van der Waals surface area contributed by atoms with Crippen LogP contribution in [0.1, 0.15) is 31.1 Å². The number of sulfonamides is 1. The van der Waals surface area contributed by atoms with Crippen LogP contribution >= 0.6 is 0 Å². The quantitative estimate of drug-likeness (QED) is 0.661. The highest BCUT2D eigenvalue weighted by molar-refractivity contribution is 7.92. The first-order chi connectivity index (χ1) is 14.7. The number of ether oxygens (including phenoxy) is 1. The summed E-state index contributed by atoms with van der Waals surface area (Å²) < 4.78 is 33.3. The molecule has 0 aliphatic carbocycles. The fraction of sp³-hybridized carbons (Fsp3) is 0.450. The summed E-state index contributed by atoms with van der Waals surface area (Å²) in [6, 6.07) is 6.33. The minimum absolute atomic E-state index is 0.0228. The van der Waals surface area contributed by atoms with Crippen LogP contribution in [0.2, 0.25) is 0 Å². The van der Waals surface area contributed by atoms with Crippen LogP contribution in [-0.2, 0) is 26.1 Å². The number of carbonyl (C=O) groups excluding carboxylic acids is 2. The molecule has 3 rings (SSSR count). The lowest BCUT2D eigenvalue weighted by molar-refractivity contribution is -0.144. The molecule has 10 nitrogen and oxygen atoms in total. The first-order valence-corrected chi connectivity index (χ1v) is 11.7. The monoisotopic (exact) mass is 449 g/mol. The Bertz CT molecular complexity index is 1040. The molecule has 11 heteroatoms. The van der Waals surface area contributed by atoms with E-state index in [2.05, 4.69) is 15.1 Å². The molecule has 1 aliphatic rings. The van der Waals surface area contributed by atoms with Crippen molar-refractivity contribution in [3.05, 3.63) is 42.2 Å². The van der Waals surface area contributed by atoms with Gasteiger partial charge in [-0.25, -0.2) is 8.42 Å². The van der Waals surface area contributed by atoms with Gasteiger partial charge in [0.25, 0.3) is 5.91 Å². The number of para-hydroxylation sites is 1. The Morgan fingerprint density at radius 1 is 1.19 bits per heavy atom. The molecule has 31 heavy (non-hydrogen) atoms. The largest absolute Gasteiger partial charge is 0.372 e. The first kappa shape index (κ1) is 22.8. The topological polar surface area (TPSA) is 123 Å². The number of hydrogen-bond acceptors (Lipinski definition) is 6. The molecule has 2 N–H and O–H groups in total. The normalized spacial score (nSPS) is 19.1. The zero-order valence-corrected chi connectivity index (χ0v) is 18.6. The number of amides is 2. The molecule has 0 saturated carbocycles. The molecule has 0 bridgehead atoms. The Labute approximate surface area is 181 Å². The maximum absolute atomic E-state index is 12.7. The Balaban J connectivity index is 1.65. The van der Waals surface area contributed by atoms with Crippen molar-refractivity contribution in [2.75, 3.05) is 28.9 Å². The number of nitrogens with zero attached hydrogens (tertiary/aromatic N) is 3. The molecule has 2 amide bonds. The van der Waals surface area contributed by atoms with Crippen LogP contribution in [0.3, 0.4) is 0 Å². The van der Waals surface area contributed by atoms with Crippen molar-refractivity contribution in [3.63, 3.8) is 0 Å². The summed E-state index contributed by atoms with van der Waals surface area (Å²) in [5.74, 6) is -0.678. The summed E-state index contributed by atoms with van der Waals surface area (Å²) in [7, 11) is -3.53. The van der Waals surface area contributed by atoms with E-state index in [9.17, 15) is 18.0 Å². The third-order valence-corrected chi connectivity index (χ3v) is 6.07. The second-order valence-electron chi connectivity index (χ2n) is 7.49. The van der Waals surface area contributed by atoms with Crippen molar-refractivity contribution in [1.29, 1.82) is 0 Å². The van der Waals surface area contributed by atoms with Crippen LogP contribution in [0.15, 0.2) is 36.7 Å². The predicted molar refractivity (Wildman–Crippen MR) is 116 cm³/mol. The molecule has 0 radical (unpaired) electrons. The van der Waals surface area contributed by atoms with Gasteiger partial charge < -0.3 is 15.0 Å². The van der Waals surface area contributed by atoms with Crippen molar-refractivity contribution in [1.82, 2.24) is 14.7 Å². The highest BCUT2D eigenvalue weighted by atomic mass is 32.2. The van der Waals surface area contributed by atoms with Gasteiger partial charge in [-0.3, -0.25) is 19.0 Å². The van der Waals surface area contributed by atoms with Crippen molar-refractivity contribution in [3.8, 4) is 0 Å². The van der Waals surface area contributed by atoms with Crippen molar-refractivity contribution >= 4 is 33.2 Å². The second-order valence-corrected chi connectivity index (χ2v) is 9.50. The fourth-order valence-electron chi connectivity index (χ4n) is 3.34. The molecule has 2 heterocycles. The molecular formula is C20H27N5O5S. The summed E-state index contributed by atoms with van der Waals surface area (Å²) in [5, 5.41) is 6.83. The molecule has 168 valence electrons. The van der Waals surface area contributed by atoms with Gasteiger partial charge in [0, 0.05) is 19.3 Å². The number of anilines is 2. The zero-order valence-electron chi connectivity index (χ0n) is 17.7. The van der Waals surface area contributed by atoms with Gasteiger partial charge >= 0.3 is 0 Å². The van der Waals surface area contributed by atoms with Gasteiger partial charge in [-0.2, -0.15) is 5.10 Å². The average molecular weight is 450 g/mol. The molecule has 2 aromatic rings. The maximum atomic E-state index is 12.7. The zero-order chi connectivity index (χ0) is 22.6. The summed E-state index contributed by atoms with van der Waals surface area (Å²) in [6.45, 7) is 6.46. The number of benzene rings is 1. The highest BCUT2D eigenvalue weighted by Crippen LogP contribution is 2.19. The molecule has 2 unspecified atom stereocenters. The Morgan fingerprint density at radius 3 is 2.55 bits per heavy atom. The molecule has 1 fully saturated rings. The lowest BCUT2D eigenvalue weighted by Gasteiger charge is -2.35. The lowest BCUT2D eigenvalue weighted by Crippen LogP contribution is -2.49. The van der Waals surface area contributed by atoms with E-state index in [1.165, 1.54) is 29.9 Å². The number of rotatable bonds is 7. The van der Waals surface area contributed by atoms with E-state index >= 15 is 0 Å². The van der Waals surface area contributed by atoms with E-state index in [-0.39, 0.29) is 41.7 Å². The van der Waals surface area contributed by atoms with Crippen LogP contribution in [0.5, 0.6) is 0 Å². The third kappa shape index (κ3) is 6.05. The molecule has 2 atom stereocenters. The van der Waals surface area contributed by atoms with E-state index in [0.717, 1.165) is 0 Å². The van der Waals surface area contributed by atoms with Gasteiger partial charge in [0.2, 0.25) is 15.9 Å². The first-order valence-electron chi connectivity index (χ1n) is 10.0. The maximum Gasteiger partial charge on any atom is 0.257 e.